The Labute approximate surface area is 138 Å². The summed E-state index contributed by atoms with van der Waals surface area (Å²) in [6.07, 6.45) is 7.82. The molecular formula is C18H25N5. The van der Waals surface area contributed by atoms with Crippen LogP contribution in [0.5, 0.6) is 0 Å². The van der Waals surface area contributed by atoms with Gasteiger partial charge in [-0.05, 0) is 37.3 Å². The van der Waals surface area contributed by atoms with Crippen molar-refractivity contribution in [1.82, 2.24) is 15.2 Å². The summed E-state index contributed by atoms with van der Waals surface area (Å²) in [5.74, 6) is 1.51. The van der Waals surface area contributed by atoms with Crippen molar-refractivity contribution in [3.63, 3.8) is 0 Å². The molecule has 3 rings (SSSR count). The molecule has 0 saturated carbocycles. The highest BCUT2D eigenvalue weighted by Gasteiger charge is 2.13. The highest BCUT2D eigenvalue weighted by Crippen LogP contribution is 2.24. The van der Waals surface area contributed by atoms with E-state index in [1.54, 1.807) is 6.20 Å². The van der Waals surface area contributed by atoms with Crippen LogP contribution in [0, 0.1) is 6.92 Å². The zero-order valence-electron chi connectivity index (χ0n) is 14.0. The van der Waals surface area contributed by atoms with Gasteiger partial charge in [0.05, 0.1) is 6.20 Å². The van der Waals surface area contributed by atoms with Crippen molar-refractivity contribution in [3.05, 3.63) is 35.5 Å². The van der Waals surface area contributed by atoms with E-state index in [0.29, 0.717) is 5.95 Å². The van der Waals surface area contributed by atoms with Gasteiger partial charge in [-0.2, -0.15) is 10.1 Å². The van der Waals surface area contributed by atoms with Crippen molar-refractivity contribution in [3.8, 4) is 0 Å². The summed E-state index contributed by atoms with van der Waals surface area (Å²) in [6, 6.07) is 6.33. The van der Waals surface area contributed by atoms with E-state index in [1.807, 2.05) is 0 Å². The van der Waals surface area contributed by atoms with E-state index in [-0.39, 0.29) is 0 Å². The fourth-order valence-corrected chi connectivity index (χ4v) is 3.11. The van der Waals surface area contributed by atoms with Gasteiger partial charge >= 0.3 is 0 Å². The molecule has 2 aromatic rings. The molecule has 1 N–H and O–H groups in total. The maximum Gasteiger partial charge on any atom is 0.249 e. The van der Waals surface area contributed by atoms with Crippen LogP contribution in [-0.2, 0) is 6.42 Å². The zero-order chi connectivity index (χ0) is 16.1. The van der Waals surface area contributed by atoms with Gasteiger partial charge in [-0.15, -0.1) is 5.10 Å². The second kappa shape index (κ2) is 7.40. The molecule has 0 aliphatic carbocycles. The lowest BCUT2D eigenvalue weighted by atomic mass is 10.1. The quantitative estimate of drug-likeness (QED) is 0.929. The van der Waals surface area contributed by atoms with Crippen molar-refractivity contribution in [2.75, 3.05) is 23.3 Å². The summed E-state index contributed by atoms with van der Waals surface area (Å²) in [6.45, 7) is 6.38. The average molecular weight is 311 g/mol. The van der Waals surface area contributed by atoms with E-state index in [1.165, 1.54) is 36.8 Å². The first-order valence-electron chi connectivity index (χ1n) is 8.58. The topological polar surface area (TPSA) is 53.9 Å². The summed E-state index contributed by atoms with van der Waals surface area (Å²) in [5, 5.41) is 11.7. The van der Waals surface area contributed by atoms with E-state index >= 15 is 0 Å². The molecule has 1 aromatic heterocycles. The highest BCUT2D eigenvalue weighted by atomic mass is 15.3. The molecule has 1 saturated heterocycles. The number of benzene rings is 1. The predicted molar refractivity (Wildman–Crippen MR) is 94.3 cm³/mol. The molecule has 122 valence electrons. The molecule has 23 heavy (non-hydrogen) atoms. The summed E-state index contributed by atoms with van der Waals surface area (Å²) in [7, 11) is 0. The van der Waals surface area contributed by atoms with Crippen LogP contribution in [0.2, 0.25) is 0 Å². The molecule has 1 aliphatic heterocycles. The third kappa shape index (κ3) is 3.78. The number of aryl methyl sites for hydroxylation is 2. The van der Waals surface area contributed by atoms with Gasteiger partial charge in [0, 0.05) is 18.8 Å². The van der Waals surface area contributed by atoms with Crippen LogP contribution in [0.15, 0.2) is 24.4 Å². The van der Waals surface area contributed by atoms with Crippen molar-refractivity contribution in [2.45, 2.75) is 46.0 Å². The molecule has 0 unspecified atom stereocenters. The third-order valence-electron chi connectivity index (χ3n) is 4.45. The third-order valence-corrected chi connectivity index (χ3v) is 4.45. The van der Waals surface area contributed by atoms with Gasteiger partial charge in [-0.3, -0.25) is 0 Å². The van der Waals surface area contributed by atoms with Gasteiger partial charge in [0.2, 0.25) is 5.95 Å². The van der Waals surface area contributed by atoms with Gasteiger partial charge in [-0.25, -0.2) is 0 Å². The van der Waals surface area contributed by atoms with E-state index in [2.05, 4.69) is 52.5 Å². The van der Waals surface area contributed by atoms with Gasteiger partial charge in [0.1, 0.15) is 0 Å². The summed E-state index contributed by atoms with van der Waals surface area (Å²) >= 11 is 0. The van der Waals surface area contributed by atoms with Crippen LogP contribution in [0.1, 0.15) is 43.7 Å². The largest absolute Gasteiger partial charge is 0.355 e. The highest BCUT2D eigenvalue weighted by molar-refractivity contribution is 5.63. The molecule has 0 bridgehead atoms. The lowest BCUT2D eigenvalue weighted by Crippen LogP contribution is -2.25. The van der Waals surface area contributed by atoms with Crippen LogP contribution < -0.4 is 10.2 Å². The molecule has 5 nitrogen and oxygen atoms in total. The standard InChI is InChI=1S/C18H25N5/c1-3-15-10-8-9-14(2)17(15)21-18-20-16(13-19-22-18)23-11-6-4-5-7-12-23/h8-10,13H,3-7,11-12H2,1-2H3,(H,20,21,22). The monoisotopic (exact) mass is 311 g/mol. The predicted octanol–water partition coefficient (Wildman–Crippen LogP) is 3.87. The van der Waals surface area contributed by atoms with Crippen LogP contribution in [0.4, 0.5) is 17.5 Å². The number of para-hydroxylation sites is 1. The van der Waals surface area contributed by atoms with Crippen LogP contribution in [-0.4, -0.2) is 28.3 Å². The molecule has 2 heterocycles. The first-order valence-corrected chi connectivity index (χ1v) is 8.58. The first kappa shape index (κ1) is 15.7. The van der Waals surface area contributed by atoms with Gasteiger partial charge in [0.25, 0.3) is 0 Å². The molecule has 1 aromatic carbocycles. The van der Waals surface area contributed by atoms with E-state index < -0.39 is 0 Å². The van der Waals surface area contributed by atoms with Crippen LogP contribution in [0.25, 0.3) is 0 Å². The first-order chi connectivity index (χ1) is 11.3. The van der Waals surface area contributed by atoms with E-state index in [4.69, 9.17) is 4.98 Å². The average Bonchev–Trinajstić information content (AvgIpc) is 2.86. The molecule has 0 atom stereocenters. The number of nitrogens with zero attached hydrogens (tertiary/aromatic N) is 4. The molecule has 1 fully saturated rings. The molecule has 0 spiro atoms. The fourth-order valence-electron chi connectivity index (χ4n) is 3.11. The Balaban J connectivity index is 1.83. The minimum absolute atomic E-state index is 0.579. The summed E-state index contributed by atoms with van der Waals surface area (Å²) < 4.78 is 0. The Kier molecular flexibility index (Phi) is 5.05. The Morgan fingerprint density at radius 3 is 2.65 bits per heavy atom. The van der Waals surface area contributed by atoms with Gasteiger partial charge in [-0.1, -0.05) is 38.0 Å². The number of aromatic nitrogens is 3. The normalized spacial score (nSPS) is 15.3. The molecule has 0 amide bonds. The molecule has 5 heteroatoms. The minimum atomic E-state index is 0.579. The van der Waals surface area contributed by atoms with Gasteiger partial charge < -0.3 is 10.2 Å². The number of hydrogen-bond acceptors (Lipinski definition) is 5. The minimum Gasteiger partial charge on any atom is -0.355 e. The molecule has 1 aliphatic rings. The number of nitrogens with one attached hydrogen (secondary N) is 1. The van der Waals surface area contributed by atoms with E-state index in [9.17, 15) is 0 Å². The Morgan fingerprint density at radius 1 is 1.13 bits per heavy atom. The molecular weight excluding hydrogens is 286 g/mol. The maximum absolute atomic E-state index is 4.69. The fraction of sp³-hybridized carbons (Fsp3) is 0.500. The molecule has 0 radical (unpaired) electrons. The Bertz CT molecular complexity index is 648. The Hall–Kier alpha value is -2.17. The van der Waals surface area contributed by atoms with Crippen molar-refractivity contribution in [1.29, 1.82) is 0 Å². The summed E-state index contributed by atoms with van der Waals surface area (Å²) in [4.78, 5) is 7.02. The SMILES string of the molecule is CCc1cccc(C)c1Nc1nncc(N2CCCCCC2)n1. The Morgan fingerprint density at radius 2 is 1.91 bits per heavy atom. The number of anilines is 3. The van der Waals surface area contributed by atoms with Crippen molar-refractivity contribution < 1.29 is 0 Å². The number of hydrogen-bond donors (Lipinski definition) is 1. The second-order valence-corrected chi connectivity index (χ2v) is 6.13. The summed E-state index contributed by atoms with van der Waals surface area (Å²) in [5.41, 5.74) is 3.58. The smallest absolute Gasteiger partial charge is 0.249 e. The zero-order valence-corrected chi connectivity index (χ0v) is 14.0. The van der Waals surface area contributed by atoms with Crippen molar-refractivity contribution >= 4 is 17.5 Å². The van der Waals surface area contributed by atoms with Crippen LogP contribution in [0.3, 0.4) is 0 Å². The van der Waals surface area contributed by atoms with Crippen LogP contribution >= 0.6 is 0 Å². The second-order valence-electron chi connectivity index (χ2n) is 6.13. The lowest BCUT2D eigenvalue weighted by molar-refractivity contribution is 0.726. The maximum atomic E-state index is 4.69. The number of rotatable bonds is 4. The van der Waals surface area contributed by atoms with Crippen molar-refractivity contribution in [2.24, 2.45) is 0 Å². The van der Waals surface area contributed by atoms with Gasteiger partial charge in [0.15, 0.2) is 5.82 Å². The lowest BCUT2D eigenvalue weighted by Gasteiger charge is -2.21. The van der Waals surface area contributed by atoms with E-state index in [0.717, 1.165) is 31.0 Å².